The molecule has 4 heteroatoms. The minimum absolute atomic E-state index is 0.209. The van der Waals surface area contributed by atoms with E-state index in [-0.39, 0.29) is 12.4 Å². The topological polar surface area (TPSA) is 32.3 Å². The normalized spacial score (nSPS) is 12.7. The molecule has 1 unspecified atom stereocenters. The molecule has 1 atom stereocenters. The van der Waals surface area contributed by atoms with Gasteiger partial charge in [-0.25, -0.2) is 4.39 Å². The molecule has 0 aliphatic rings. The molecule has 0 radical (unpaired) electrons. The standard InChI is InChI=1S/C13H19ClFNO/c1-2-10(5-6-17)8-16-9-11-7-12(15)3-4-13(11)14/h3-4,7,10,16-17H,2,5-6,8-9H2,1H3. The monoisotopic (exact) mass is 259 g/mol. The molecule has 1 rings (SSSR count). The van der Waals surface area contributed by atoms with E-state index in [4.69, 9.17) is 16.7 Å². The fraction of sp³-hybridized carbons (Fsp3) is 0.538. The van der Waals surface area contributed by atoms with Gasteiger partial charge in [-0.2, -0.15) is 0 Å². The summed E-state index contributed by atoms with van der Waals surface area (Å²) in [7, 11) is 0. The molecule has 0 fully saturated rings. The SMILES string of the molecule is CCC(CCO)CNCc1cc(F)ccc1Cl. The third-order valence-corrected chi connectivity index (χ3v) is 3.24. The van der Waals surface area contributed by atoms with Crippen LogP contribution >= 0.6 is 11.6 Å². The molecule has 17 heavy (non-hydrogen) atoms. The van der Waals surface area contributed by atoms with Crippen molar-refractivity contribution < 1.29 is 9.50 Å². The van der Waals surface area contributed by atoms with Crippen LogP contribution < -0.4 is 5.32 Å². The number of aliphatic hydroxyl groups excluding tert-OH is 1. The lowest BCUT2D eigenvalue weighted by molar-refractivity contribution is 0.251. The highest BCUT2D eigenvalue weighted by atomic mass is 35.5. The number of nitrogens with one attached hydrogen (secondary N) is 1. The van der Waals surface area contributed by atoms with Gasteiger partial charge in [-0.05, 0) is 42.6 Å². The van der Waals surface area contributed by atoms with Gasteiger partial charge in [-0.1, -0.05) is 24.9 Å². The first-order valence-corrected chi connectivity index (χ1v) is 6.30. The maximum Gasteiger partial charge on any atom is 0.123 e. The van der Waals surface area contributed by atoms with E-state index in [1.807, 2.05) is 0 Å². The second-order valence-electron chi connectivity index (χ2n) is 4.15. The predicted octanol–water partition coefficient (Wildman–Crippen LogP) is 2.98. The Kier molecular flexibility index (Phi) is 6.48. The van der Waals surface area contributed by atoms with Crippen LogP contribution in [-0.2, 0) is 6.54 Å². The van der Waals surface area contributed by atoms with Crippen molar-refractivity contribution in [2.24, 2.45) is 5.92 Å². The third kappa shape index (κ3) is 5.02. The van der Waals surface area contributed by atoms with Crippen LogP contribution in [0.3, 0.4) is 0 Å². The molecule has 1 aromatic carbocycles. The summed E-state index contributed by atoms with van der Waals surface area (Å²) in [4.78, 5) is 0. The number of hydrogen-bond acceptors (Lipinski definition) is 2. The van der Waals surface area contributed by atoms with E-state index >= 15 is 0 Å². The zero-order valence-electron chi connectivity index (χ0n) is 10.0. The maximum absolute atomic E-state index is 13.0. The number of halogens is 2. The lowest BCUT2D eigenvalue weighted by Crippen LogP contribution is -2.23. The molecule has 0 heterocycles. The summed E-state index contributed by atoms with van der Waals surface area (Å²) in [6, 6.07) is 4.37. The molecule has 1 aromatic rings. The second kappa shape index (κ2) is 7.64. The van der Waals surface area contributed by atoms with Gasteiger partial charge < -0.3 is 10.4 Å². The van der Waals surface area contributed by atoms with E-state index in [1.54, 1.807) is 6.07 Å². The zero-order chi connectivity index (χ0) is 12.7. The molecule has 0 saturated heterocycles. The fourth-order valence-electron chi connectivity index (χ4n) is 1.72. The average Bonchev–Trinajstić information content (AvgIpc) is 2.32. The van der Waals surface area contributed by atoms with Gasteiger partial charge in [0.2, 0.25) is 0 Å². The molecule has 2 nitrogen and oxygen atoms in total. The smallest absolute Gasteiger partial charge is 0.123 e. The van der Waals surface area contributed by atoms with E-state index in [0.29, 0.717) is 17.5 Å². The lowest BCUT2D eigenvalue weighted by Gasteiger charge is -2.14. The zero-order valence-corrected chi connectivity index (χ0v) is 10.8. The first-order chi connectivity index (χ1) is 8.17. The lowest BCUT2D eigenvalue weighted by atomic mass is 10.0. The maximum atomic E-state index is 13.0. The molecule has 0 bridgehead atoms. The van der Waals surface area contributed by atoms with E-state index in [2.05, 4.69) is 12.2 Å². The summed E-state index contributed by atoms with van der Waals surface area (Å²) in [5.41, 5.74) is 0.769. The van der Waals surface area contributed by atoms with Crippen LogP contribution in [0.25, 0.3) is 0 Å². The van der Waals surface area contributed by atoms with Crippen LogP contribution in [0.15, 0.2) is 18.2 Å². The summed E-state index contributed by atoms with van der Waals surface area (Å²) in [5, 5.41) is 12.7. The molecular formula is C13H19ClFNO. The molecule has 0 aliphatic carbocycles. The Bertz CT molecular complexity index is 346. The van der Waals surface area contributed by atoms with Gasteiger partial charge in [0, 0.05) is 18.2 Å². The van der Waals surface area contributed by atoms with Gasteiger partial charge >= 0.3 is 0 Å². The van der Waals surface area contributed by atoms with Crippen molar-refractivity contribution in [3.63, 3.8) is 0 Å². The Morgan fingerprint density at radius 1 is 1.47 bits per heavy atom. The second-order valence-corrected chi connectivity index (χ2v) is 4.56. The van der Waals surface area contributed by atoms with Crippen LogP contribution in [0.5, 0.6) is 0 Å². The Balaban J connectivity index is 2.42. The van der Waals surface area contributed by atoms with Crippen LogP contribution in [0.4, 0.5) is 4.39 Å². The first-order valence-electron chi connectivity index (χ1n) is 5.92. The predicted molar refractivity (Wildman–Crippen MR) is 68.6 cm³/mol. The van der Waals surface area contributed by atoms with Crippen molar-refractivity contribution in [2.75, 3.05) is 13.2 Å². The number of aliphatic hydroxyl groups is 1. The quantitative estimate of drug-likeness (QED) is 0.789. The average molecular weight is 260 g/mol. The van der Waals surface area contributed by atoms with Gasteiger partial charge in [-0.15, -0.1) is 0 Å². The van der Waals surface area contributed by atoms with E-state index in [0.717, 1.165) is 24.9 Å². The number of hydrogen-bond donors (Lipinski definition) is 2. The summed E-state index contributed by atoms with van der Waals surface area (Å²) in [5.74, 6) is 0.181. The van der Waals surface area contributed by atoms with E-state index in [1.165, 1.54) is 12.1 Å². The molecule has 0 saturated carbocycles. The Morgan fingerprint density at radius 2 is 2.24 bits per heavy atom. The van der Waals surface area contributed by atoms with Gasteiger partial charge in [0.25, 0.3) is 0 Å². The Hall–Kier alpha value is -0.640. The van der Waals surface area contributed by atoms with Gasteiger partial charge in [0.05, 0.1) is 0 Å². The fourth-order valence-corrected chi connectivity index (χ4v) is 1.91. The summed E-state index contributed by atoms with van der Waals surface area (Å²) in [6.45, 7) is 3.67. The summed E-state index contributed by atoms with van der Waals surface area (Å²) in [6.07, 6.45) is 1.81. The highest BCUT2D eigenvalue weighted by Gasteiger charge is 2.06. The molecule has 0 aliphatic heterocycles. The van der Waals surface area contributed by atoms with Crippen LogP contribution in [-0.4, -0.2) is 18.3 Å². The van der Waals surface area contributed by atoms with Gasteiger partial charge in [0.15, 0.2) is 0 Å². The first kappa shape index (κ1) is 14.4. The number of benzene rings is 1. The Morgan fingerprint density at radius 3 is 2.88 bits per heavy atom. The van der Waals surface area contributed by atoms with Crippen molar-refractivity contribution in [3.8, 4) is 0 Å². The minimum Gasteiger partial charge on any atom is -0.396 e. The van der Waals surface area contributed by atoms with Crippen molar-refractivity contribution >= 4 is 11.6 Å². The third-order valence-electron chi connectivity index (χ3n) is 2.87. The molecule has 2 N–H and O–H groups in total. The van der Waals surface area contributed by atoms with Crippen LogP contribution in [0.1, 0.15) is 25.3 Å². The van der Waals surface area contributed by atoms with E-state index in [9.17, 15) is 4.39 Å². The number of rotatable bonds is 7. The van der Waals surface area contributed by atoms with Crippen LogP contribution in [0, 0.1) is 11.7 Å². The van der Waals surface area contributed by atoms with E-state index < -0.39 is 0 Å². The van der Waals surface area contributed by atoms with Crippen molar-refractivity contribution in [2.45, 2.75) is 26.3 Å². The Labute approximate surface area is 107 Å². The van der Waals surface area contributed by atoms with Gasteiger partial charge in [-0.3, -0.25) is 0 Å². The van der Waals surface area contributed by atoms with Crippen molar-refractivity contribution in [1.82, 2.24) is 5.32 Å². The molecule has 0 spiro atoms. The molecular weight excluding hydrogens is 241 g/mol. The highest BCUT2D eigenvalue weighted by molar-refractivity contribution is 6.31. The minimum atomic E-state index is -0.270. The molecule has 96 valence electrons. The summed E-state index contributed by atoms with van der Waals surface area (Å²) < 4.78 is 13.0. The molecule has 0 aromatic heterocycles. The molecule has 0 amide bonds. The van der Waals surface area contributed by atoms with Crippen LogP contribution in [0.2, 0.25) is 5.02 Å². The largest absolute Gasteiger partial charge is 0.396 e. The highest BCUT2D eigenvalue weighted by Crippen LogP contribution is 2.17. The van der Waals surface area contributed by atoms with Crippen molar-refractivity contribution in [1.29, 1.82) is 0 Å². The summed E-state index contributed by atoms with van der Waals surface area (Å²) >= 11 is 5.96. The van der Waals surface area contributed by atoms with Crippen molar-refractivity contribution in [3.05, 3.63) is 34.6 Å². The van der Waals surface area contributed by atoms with Gasteiger partial charge in [0.1, 0.15) is 5.82 Å².